The van der Waals surface area contributed by atoms with Gasteiger partial charge in [0.2, 0.25) is 0 Å². The number of rotatable bonds is 3. The summed E-state index contributed by atoms with van der Waals surface area (Å²) in [6.45, 7) is 14.8. The summed E-state index contributed by atoms with van der Waals surface area (Å²) in [5.74, 6) is 0. The van der Waals surface area contributed by atoms with Gasteiger partial charge in [-0.15, -0.1) is 0 Å². The maximum atomic E-state index is 2.59. The van der Waals surface area contributed by atoms with Crippen LogP contribution in [0.1, 0.15) is 52.7 Å². The van der Waals surface area contributed by atoms with Crippen molar-refractivity contribution in [2.75, 3.05) is 0 Å². The van der Waals surface area contributed by atoms with Crippen LogP contribution in [0.2, 0.25) is 0 Å². The van der Waals surface area contributed by atoms with E-state index in [2.05, 4.69) is 236 Å². The molecule has 12 rings (SSSR count). The van der Waals surface area contributed by atoms with Crippen LogP contribution < -0.4 is 0 Å². The fraction of sp³-hybridized carbons (Fsp3) is 0.143. The summed E-state index contributed by atoms with van der Waals surface area (Å²) in [6, 6.07) is 73.2. The van der Waals surface area contributed by atoms with Crippen molar-refractivity contribution in [1.29, 1.82) is 0 Å². The molecule has 0 fully saturated rings. The zero-order valence-corrected chi connectivity index (χ0v) is 37.0. The van der Waals surface area contributed by atoms with Gasteiger partial charge in [-0.3, -0.25) is 0 Å². The molecule has 0 saturated heterocycles. The Morgan fingerprint density at radius 1 is 0.286 bits per heavy atom. The molecule has 0 aliphatic heterocycles. The molecule has 1 aliphatic carbocycles. The third kappa shape index (κ3) is 5.22. The Kier molecular flexibility index (Phi) is 8.08. The maximum absolute atomic E-state index is 2.59. The molecule has 11 aromatic carbocycles. The summed E-state index contributed by atoms with van der Waals surface area (Å²) in [5.41, 5.74) is 12.8. The van der Waals surface area contributed by atoms with E-state index in [1.165, 1.54) is 120 Å². The van der Waals surface area contributed by atoms with Gasteiger partial charge in [0.1, 0.15) is 0 Å². The average Bonchev–Trinajstić information content (AvgIpc) is 3.62. The monoisotopic (exact) mass is 806 g/mol. The molecule has 0 heteroatoms. The Morgan fingerprint density at radius 2 is 0.730 bits per heavy atom. The van der Waals surface area contributed by atoms with E-state index in [4.69, 9.17) is 0 Å². The van der Waals surface area contributed by atoms with Gasteiger partial charge in [0, 0.05) is 5.41 Å². The van der Waals surface area contributed by atoms with Crippen LogP contribution in [0.25, 0.3) is 109 Å². The first-order chi connectivity index (χ1) is 30.6. The first-order valence-corrected chi connectivity index (χ1v) is 22.6. The van der Waals surface area contributed by atoms with Gasteiger partial charge < -0.3 is 0 Å². The number of hydrogen-bond acceptors (Lipinski definition) is 0. The fourth-order valence-electron chi connectivity index (χ4n) is 12.7. The number of fused-ring (bicyclic) bond motifs is 12. The van der Waals surface area contributed by atoms with Crippen LogP contribution in [0, 0.1) is 10.8 Å². The first-order valence-electron chi connectivity index (χ1n) is 22.6. The molecule has 0 saturated carbocycles. The van der Waals surface area contributed by atoms with Crippen molar-refractivity contribution in [3.8, 4) is 44.5 Å². The Hall–Kier alpha value is -7.02. The standard InChI is InChI=1S/C63H50/c1-61(2,3)63(62(4,5)6)56-38-42-36-41(33-32-40(42)37-55(56)59-48-26-14-12-24-46(48)47-25-13-19-31-54(47)60(59)63)57-49-27-15-17-29-51(49)58(52-30-18-16-28-50(52)57)53-35-34-43(39-20-8-7-9-21-39)44-22-10-11-23-45(44)53/h7-38H,1-6H3. The smallest absolute Gasteiger partial charge is 0.0318 e. The lowest BCUT2D eigenvalue weighted by Gasteiger charge is -2.53. The SMILES string of the molecule is CC(C)(C)C1(C(C)(C)C)c2cc3cc(-c4c5ccccc5c(-c5ccc(-c6ccccc6)c6ccccc56)c5ccccc45)ccc3cc2-c2c1c1ccccc1c1ccccc21. The average molecular weight is 807 g/mol. The highest BCUT2D eigenvalue weighted by molar-refractivity contribution is 6.25. The minimum absolute atomic E-state index is 0.104. The van der Waals surface area contributed by atoms with Gasteiger partial charge in [0.25, 0.3) is 0 Å². The summed E-state index contributed by atoms with van der Waals surface area (Å²) >= 11 is 0. The van der Waals surface area contributed by atoms with Crippen molar-refractivity contribution in [1.82, 2.24) is 0 Å². The molecule has 0 radical (unpaired) electrons. The molecule has 302 valence electrons. The van der Waals surface area contributed by atoms with E-state index >= 15 is 0 Å². The van der Waals surface area contributed by atoms with Crippen molar-refractivity contribution < 1.29 is 0 Å². The van der Waals surface area contributed by atoms with Crippen LogP contribution >= 0.6 is 0 Å². The third-order valence-corrected chi connectivity index (χ3v) is 14.7. The van der Waals surface area contributed by atoms with E-state index in [-0.39, 0.29) is 16.2 Å². The van der Waals surface area contributed by atoms with Gasteiger partial charge in [-0.2, -0.15) is 0 Å². The lowest BCUT2D eigenvalue weighted by Crippen LogP contribution is -2.50. The molecule has 0 spiro atoms. The van der Waals surface area contributed by atoms with Crippen molar-refractivity contribution in [2.24, 2.45) is 10.8 Å². The van der Waals surface area contributed by atoms with E-state index in [0.717, 1.165) is 0 Å². The minimum atomic E-state index is -0.279. The van der Waals surface area contributed by atoms with Gasteiger partial charge in [-0.25, -0.2) is 0 Å². The van der Waals surface area contributed by atoms with Crippen molar-refractivity contribution in [3.63, 3.8) is 0 Å². The topological polar surface area (TPSA) is 0 Å². The Morgan fingerprint density at radius 3 is 1.30 bits per heavy atom. The van der Waals surface area contributed by atoms with Crippen LogP contribution in [-0.4, -0.2) is 0 Å². The molecule has 0 amide bonds. The zero-order chi connectivity index (χ0) is 42.8. The van der Waals surface area contributed by atoms with Crippen LogP contribution in [-0.2, 0) is 5.41 Å². The second-order valence-corrected chi connectivity index (χ2v) is 20.0. The lowest BCUT2D eigenvalue weighted by molar-refractivity contribution is 0.0965. The van der Waals surface area contributed by atoms with Crippen LogP contribution in [0.5, 0.6) is 0 Å². The Balaban J connectivity index is 1.13. The fourth-order valence-corrected chi connectivity index (χ4v) is 12.7. The number of benzene rings is 11. The minimum Gasteiger partial charge on any atom is -0.0622 e. The van der Waals surface area contributed by atoms with E-state index in [1.54, 1.807) is 0 Å². The van der Waals surface area contributed by atoms with Gasteiger partial charge in [0.15, 0.2) is 0 Å². The second-order valence-electron chi connectivity index (χ2n) is 20.0. The van der Waals surface area contributed by atoms with Crippen LogP contribution in [0.15, 0.2) is 194 Å². The summed E-state index contributed by atoms with van der Waals surface area (Å²) in [6.07, 6.45) is 0. The molecule has 11 aromatic rings. The number of hydrogen-bond donors (Lipinski definition) is 0. The molecule has 0 nitrogen and oxygen atoms in total. The lowest BCUT2D eigenvalue weighted by atomic mass is 9.49. The van der Waals surface area contributed by atoms with Crippen molar-refractivity contribution in [2.45, 2.75) is 47.0 Å². The highest BCUT2D eigenvalue weighted by atomic mass is 14.6. The van der Waals surface area contributed by atoms with Gasteiger partial charge in [-0.1, -0.05) is 217 Å². The van der Waals surface area contributed by atoms with Crippen molar-refractivity contribution >= 4 is 64.6 Å². The largest absolute Gasteiger partial charge is 0.0622 e. The van der Waals surface area contributed by atoms with Gasteiger partial charge in [0.05, 0.1) is 0 Å². The molecule has 0 bridgehead atoms. The third-order valence-electron chi connectivity index (χ3n) is 14.7. The molecule has 0 unspecified atom stereocenters. The molecule has 0 N–H and O–H groups in total. The molecule has 1 aliphatic rings. The van der Waals surface area contributed by atoms with E-state index in [0.29, 0.717) is 0 Å². The molecule has 0 atom stereocenters. The van der Waals surface area contributed by atoms with Crippen molar-refractivity contribution in [3.05, 3.63) is 205 Å². The maximum Gasteiger partial charge on any atom is 0.0318 e. The van der Waals surface area contributed by atoms with E-state index in [1.807, 2.05) is 0 Å². The van der Waals surface area contributed by atoms with Gasteiger partial charge in [-0.05, 0) is 149 Å². The predicted octanol–water partition coefficient (Wildman–Crippen LogP) is 18.0. The summed E-state index contributed by atoms with van der Waals surface area (Å²) < 4.78 is 0. The Bertz CT molecular complexity index is 3610. The molecular formula is C63H50. The second kappa shape index (κ2) is 13.5. The van der Waals surface area contributed by atoms with Crippen LogP contribution in [0.3, 0.4) is 0 Å². The zero-order valence-electron chi connectivity index (χ0n) is 37.0. The summed E-state index contributed by atoms with van der Waals surface area (Å²) in [4.78, 5) is 0. The van der Waals surface area contributed by atoms with E-state index < -0.39 is 0 Å². The highest BCUT2D eigenvalue weighted by Crippen LogP contribution is 2.67. The molecule has 0 aromatic heterocycles. The quantitative estimate of drug-likeness (QED) is 0.123. The summed E-state index contributed by atoms with van der Waals surface area (Å²) in [7, 11) is 0. The first kappa shape index (κ1) is 37.7. The highest BCUT2D eigenvalue weighted by Gasteiger charge is 2.58. The normalized spacial score (nSPS) is 13.7. The predicted molar refractivity (Wildman–Crippen MR) is 273 cm³/mol. The van der Waals surface area contributed by atoms with E-state index in [9.17, 15) is 0 Å². The molecule has 63 heavy (non-hydrogen) atoms. The van der Waals surface area contributed by atoms with Gasteiger partial charge >= 0.3 is 0 Å². The van der Waals surface area contributed by atoms with Crippen LogP contribution in [0.4, 0.5) is 0 Å². The molecule has 0 heterocycles. The summed E-state index contributed by atoms with van der Waals surface area (Å²) in [5, 5.41) is 15.6. The Labute approximate surface area is 370 Å². The molecular weight excluding hydrogens is 757 g/mol.